The SMILES string of the molecule is Cc1nc(Cl)c(C)c(OC(C)c2ccccc2)n1. The van der Waals surface area contributed by atoms with Crippen LogP contribution in [0.25, 0.3) is 0 Å². The average molecular weight is 263 g/mol. The van der Waals surface area contributed by atoms with Gasteiger partial charge in [0.2, 0.25) is 5.88 Å². The lowest BCUT2D eigenvalue weighted by Gasteiger charge is -2.16. The molecule has 1 atom stereocenters. The summed E-state index contributed by atoms with van der Waals surface area (Å²) in [6, 6.07) is 10.00. The topological polar surface area (TPSA) is 35.0 Å². The van der Waals surface area contributed by atoms with E-state index < -0.39 is 0 Å². The van der Waals surface area contributed by atoms with Gasteiger partial charge in [0.25, 0.3) is 0 Å². The molecule has 0 N–H and O–H groups in total. The fourth-order valence-corrected chi connectivity index (χ4v) is 1.85. The van der Waals surface area contributed by atoms with Crippen molar-refractivity contribution >= 4 is 11.6 Å². The first-order valence-electron chi connectivity index (χ1n) is 5.80. The Kier molecular flexibility index (Phi) is 3.82. The maximum absolute atomic E-state index is 6.02. The highest BCUT2D eigenvalue weighted by molar-refractivity contribution is 6.30. The van der Waals surface area contributed by atoms with Crippen molar-refractivity contribution in [2.45, 2.75) is 26.9 Å². The van der Waals surface area contributed by atoms with Crippen LogP contribution in [0.15, 0.2) is 30.3 Å². The summed E-state index contributed by atoms with van der Waals surface area (Å²) in [4.78, 5) is 8.37. The highest BCUT2D eigenvalue weighted by atomic mass is 35.5. The van der Waals surface area contributed by atoms with Gasteiger partial charge in [0.1, 0.15) is 17.1 Å². The van der Waals surface area contributed by atoms with Crippen LogP contribution in [0.5, 0.6) is 5.88 Å². The minimum atomic E-state index is -0.0738. The van der Waals surface area contributed by atoms with Gasteiger partial charge in [0.15, 0.2) is 0 Å². The first-order valence-corrected chi connectivity index (χ1v) is 6.18. The number of aromatic nitrogens is 2. The Morgan fingerprint density at radius 1 is 1.11 bits per heavy atom. The molecule has 0 radical (unpaired) electrons. The second-order valence-corrected chi connectivity index (χ2v) is 4.52. The van der Waals surface area contributed by atoms with Crippen molar-refractivity contribution in [3.05, 3.63) is 52.4 Å². The minimum Gasteiger partial charge on any atom is -0.469 e. The van der Waals surface area contributed by atoms with E-state index in [9.17, 15) is 0 Å². The molecule has 4 heteroatoms. The molecule has 18 heavy (non-hydrogen) atoms. The second kappa shape index (κ2) is 5.36. The number of halogens is 1. The second-order valence-electron chi connectivity index (χ2n) is 4.16. The zero-order valence-electron chi connectivity index (χ0n) is 10.6. The first-order chi connectivity index (χ1) is 8.58. The lowest BCUT2D eigenvalue weighted by atomic mass is 10.1. The van der Waals surface area contributed by atoms with Crippen LogP contribution in [0.1, 0.15) is 30.0 Å². The number of nitrogens with zero attached hydrogens (tertiary/aromatic N) is 2. The maximum Gasteiger partial charge on any atom is 0.221 e. The van der Waals surface area contributed by atoms with E-state index in [1.54, 1.807) is 6.92 Å². The third-order valence-electron chi connectivity index (χ3n) is 2.71. The third-order valence-corrected chi connectivity index (χ3v) is 3.08. The summed E-state index contributed by atoms with van der Waals surface area (Å²) in [7, 11) is 0. The van der Waals surface area contributed by atoms with E-state index in [0.29, 0.717) is 16.9 Å². The number of ether oxygens (including phenoxy) is 1. The van der Waals surface area contributed by atoms with Gasteiger partial charge in [0, 0.05) is 5.56 Å². The largest absolute Gasteiger partial charge is 0.469 e. The molecule has 1 aromatic heterocycles. The van der Waals surface area contributed by atoms with E-state index >= 15 is 0 Å². The van der Waals surface area contributed by atoms with Crippen LogP contribution in [0.3, 0.4) is 0 Å². The molecule has 3 nitrogen and oxygen atoms in total. The van der Waals surface area contributed by atoms with Gasteiger partial charge in [-0.1, -0.05) is 41.9 Å². The summed E-state index contributed by atoms with van der Waals surface area (Å²) in [6.45, 7) is 5.64. The zero-order valence-corrected chi connectivity index (χ0v) is 11.4. The zero-order chi connectivity index (χ0) is 13.1. The molecule has 0 spiro atoms. The highest BCUT2D eigenvalue weighted by Crippen LogP contribution is 2.26. The van der Waals surface area contributed by atoms with Gasteiger partial charge in [-0.3, -0.25) is 0 Å². The molecular weight excluding hydrogens is 248 g/mol. The molecule has 1 heterocycles. The summed E-state index contributed by atoms with van der Waals surface area (Å²) in [5, 5.41) is 0.442. The summed E-state index contributed by atoms with van der Waals surface area (Å²) < 4.78 is 5.86. The molecule has 0 aliphatic rings. The van der Waals surface area contributed by atoms with E-state index in [2.05, 4.69) is 9.97 Å². The van der Waals surface area contributed by atoms with Crippen LogP contribution >= 0.6 is 11.6 Å². The van der Waals surface area contributed by atoms with E-state index in [4.69, 9.17) is 16.3 Å². The van der Waals surface area contributed by atoms with Crippen LogP contribution in [-0.2, 0) is 0 Å². The van der Waals surface area contributed by atoms with Crippen molar-refractivity contribution in [1.29, 1.82) is 0 Å². The number of benzene rings is 1. The van der Waals surface area contributed by atoms with Crippen molar-refractivity contribution in [2.24, 2.45) is 0 Å². The molecule has 0 saturated heterocycles. The molecule has 1 unspecified atom stereocenters. The molecule has 2 rings (SSSR count). The maximum atomic E-state index is 6.02. The van der Waals surface area contributed by atoms with Crippen molar-refractivity contribution in [2.75, 3.05) is 0 Å². The smallest absolute Gasteiger partial charge is 0.221 e. The van der Waals surface area contributed by atoms with Gasteiger partial charge in [-0.15, -0.1) is 0 Å². The molecule has 2 aromatic rings. The Bertz CT molecular complexity index is 543. The summed E-state index contributed by atoms with van der Waals surface area (Å²) in [5.41, 5.74) is 1.87. The van der Waals surface area contributed by atoms with Crippen LogP contribution < -0.4 is 4.74 Å². The third kappa shape index (κ3) is 2.79. The molecule has 0 bridgehead atoms. The summed E-state index contributed by atoms with van der Waals surface area (Å²) >= 11 is 6.02. The fourth-order valence-electron chi connectivity index (χ4n) is 1.64. The molecule has 0 fully saturated rings. The number of hydrogen-bond donors (Lipinski definition) is 0. The van der Waals surface area contributed by atoms with Crippen LogP contribution in [0, 0.1) is 13.8 Å². The molecule has 0 amide bonds. The van der Waals surface area contributed by atoms with Gasteiger partial charge in [-0.05, 0) is 26.3 Å². The van der Waals surface area contributed by atoms with Crippen molar-refractivity contribution in [3.8, 4) is 5.88 Å². The van der Waals surface area contributed by atoms with E-state index in [0.717, 1.165) is 11.1 Å². The predicted molar refractivity (Wildman–Crippen MR) is 72.0 cm³/mol. The number of hydrogen-bond acceptors (Lipinski definition) is 3. The Morgan fingerprint density at radius 3 is 2.44 bits per heavy atom. The monoisotopic (exact) mass is 262 g/mol. The normalized spacial score (nSPS) is 12.2. The summed E-state index contributed by atoms with van der Waals surface area (Å²) in [5.74, 6) is 1.16. The van der Waals surface area contributed by atoms with Gasteiger partial charge >= 0.3 is 0 Å². The molecule has 0 aliphatic carbocycles. The van der Waals surface area contributed by atoms with Gasteiger partial charge in [-0.2, -0.15) is 4.98 Å². The van der Waals surface area contributed by atoms with E-state index in [1.165, 1.54) is 0 Å². The lowest BCUT2D eigenvalue weighted by molar-refractivity contribution is 0.215. The Hall–Kier alpha value is -1.61. The van der Waals surface area contributed by atoms with Gasteiger partial charge < -0.3 is 4.74 Å². The standard InChI is InChI=1S/C14H15ClN2O/c1-9-13(15)16-11(3)17-14(9)18-10(2)12-7-5-4-6-8-12/h4-8,10H,1-3H3. The van der Waals surface area contributed by atoms with Crippen LogP contribution in [0.4, 0.5) is 0 Å². The molecule has 0 saturated carbocycles. The number of rotatable bonds is 3. The van der Waals surface area contributed by atoms with Crippen LogP contribution in [0.2, 0.25) is 5.15 Å². The van der Waals surface area contributed by atoms with Gasteiger partial charge in [-0.25, -0.2) is 4.98 Å². The molecule has 1 aromatic carbocycles. The number of aryl methyl sites for hydroxylation is 1. The van der Waals surface area contributed by atoms with Crippen LogP contribution in [-0.4, -0.2) is 9.97 Å². The Labute approximate surface area is 112 Å². The minimum absolute atomic E-state index is 0.0738. The van der Waals surface area contributed by atoms with Crippen molar-refractivity contribution < 1.29 is 4.74 Å². The average Bonchev–Trinajstić information content (AvgIpc) is 2.36. The quantitative estimate of drug-likeness (QED) is 0.787. The van der Waals surface area contributed by atoms with E-state index in [1.807, 2.05) is 44.2 Å². The highest BCUT2D eigenvalue weighted by Gasteiger charge is 2.13. The molecule has 0 aliphatic heterocycles. The van der Waals surface area contributed by atoms with Crippen molar-refractivity contribution in [1.82, 2.24) is 9.97 Å². The Balaban J connectivity index is 2.24. The lowest BCUT2D eigenvalue weighted by Crippen LogP contribution is -2.07. The Morgan fingerprint density at radius 2 is 1.78 bits per heavy atom. The van der Waals surface area contributed by atoms with Gasteiger partial charge in [0.05, 0.1) is 0 Å². The van der Waals surface area contributed by atoms with Crippen molar-refractivity contribution in [3.63, 3.8) is 0 Å². The first kappa shape index (κ1) is 12.8. The summed E-state index contributed by atoms with van der Waals surface area (Å²) in [6.07, 6.45) is -0.0738. The van der Waals surface area contributed by atoms with E-state index in [-0.39, 0.29) is 6.10 Å². The molecule has 94 valence electrons. The fraction of sp³-hybridized carbons (Fsp3) is 0.286. The molecular formula is C14H15ClN2O. The predicted octanol–water partition coefficient (Wildman–Crippen LogP) is 3.89.